The van der Waals surface area contributed by atoms with Gasteiger partial charge in [-0.2, -0.15) is 0 Å². The molecule has 0 N–H and O–H groups in total. The molecule has 0 fully saturated rings. The highest BCUT2D eigenvalue weighted by atomic mass is 15.2. The molecule has 1 heterocycles. The standard InChI is InChI=1S/C61H62BN/c1-35-20-13-15-22-41(35)38(4)39(5)44-25-19-26-46-54(44)47-29-28-43(42-23-16-14-21-36(42)2)40(6)58(47)63(52-34-51-50(32-37(52)3)59(7,8)30-31-60(51,9)10)53-33-48-45-24-17-18-27-49(45)61(11,12)56(48)55(46)57(53)62/h13-29,32-34H,30-31,62H2,1-12H3/b39-38+. The third kappa shape index (κ3) is 6.04. The summed E-state index contributed by atoms with van der Waals surface area (Å²) in [5.74, 6) is 0. The van der Waals surface area contributed by atoms with Crippen LogP contribution in [0.5, 0.6) is 0 Å². The summed E-state index contributed by atoms with van der Waals surface area (Å²) in [6.45, 7) is 28.7. The second kappa shape index (κ2) is 14.3. The van der Waals surface area contributed by atoms with E-state index in [0.717, 1.165) is 0 Å². The summed E-state index contributed by atoms with van der Waals surface area (Å²) in [6, 6.07) is 46.7. The van der Waals surface area contributed by atoms with Crippen molar-refractivity contribution in [1.29, 1.82) is 0 Å². The Morgan fingerprint density at radius 2 is 1.05 bits per heavy atom. The van der Waals surface area contributed by atoms with Gasteiger partial charge in [0, 0.05) is 22.4 Å². The predicted octanol–water partition coefficient (Wildman–Crippen LogP) is 15.6. The van der Waals surface area contributed by atoms with Crippen molar-refractivity contribution < 1.29 is 0 Å². The number of hydrogen-bond acceptors (Lipinski definition) is 1. The van der Waals surface area contributed by atoms with Gasteiger partial charge in [0.1, 0.15) is 7.85 Å². The fourth-order valence-corrected chi connectivity index (χ4v) is 12.0. The third-order valence-corrected chi connectivity index (χ3v) is 15.9. The monoisotopic (exact) mass is 819 g/mol. The van der Waals surface area contributed by atoms with Crippen molar-refractivity contribution in [3.8, 4) is 44.5 Å². The highest BCUT2D eigenvalue weighted by Gasteiger charge is 2.43. The Morgan fingerprint density at radius 3 is 1.75 bits per heavy atom. The van der Waals surface area contributed by atoms with Crippen molar-refractivity contribution in [2.24, 2.45) is 0 Å². The molecule has 7 aromatic carbocycles. The van der Waals surface area contributed by atoms with E-state index in [1.165, 1.54) is 147 Å². The molecule has 0 atom stereocenters. The lowest BCUT2D eigenvalue weighted by Gasteiger charge is -2.44. The molecule has 0 amide bonds. The molecular weight excluding hydrogens is 757 g/mol. The zero-order valence-electron chi connectivity index (χ0n) is 39.9. The topological polar surface area (TPSA) is 3.24 Å². The molecule has 0 radical (unpaired) electrons. The van der Waals surface area contributed by atoms with Crippen molar-refractivity contribution in [3.05, 3.63) is 177 Å². The first-order valence-electron chi connectivity index (χ1n) is 23.2. The number of aryl methyl sites for hydroxylation is 3. The zero-order chi connectivity index (χ0) is 44.5. The molecule has 0 aromatic heterocycles. The van der Waals surface area contributed by atoms with Gasteiger partial charge in [0.15, 0.2) is 0 Å². The summed E-state index contributed by atoms with van der Waals surface area (Å²) >= 11 is 0. The smallest absolute Gasteiger partial charge is 0.142 e. The van der Waals surface area contributed by atoms with Crippen molar-refractivity contribution in [1.82, 2.24) is 0 Å². The molecule has 10 rings (SSSR count). The molecule has 2 bridgehead atoms. The van der Waals surface area contributed by atoms with Gasteiger partial charge in [-0.25, -0.2) is 0 Å². The van der Waals surface area contributed by atoms with E-state index in [2.05, 4.69) is 217 Å². The van der Waals surface area contributed by atoms with E-state index in [4.69, 9.17) is 0 Å². The lowest BCUT2D eigenvalue weighted by molar-refractivity contribution is 0.332. The second-order valence-electron chi connectivity index (χ2n) is 21.0. The summed E-state index contributed by atoms with van der Waals surface area (Å²) in [7, 11) is 2.42. The number of benzene rings is 7. The fraction of sp³-hybridized carbons (Fsp3) is 0.279. The highest BCUT2D eigenvalue weighted by molar-refractivity contribution is 6.41. The fourth-order valence-electron chi connectivity index (χ4n) is 12.0. The molecule has 0 unspecified atom stereocenters. The Hall–Kier alpha value is -5.86. The van der Waals surface area contributed by atoms with Gasteiger partial charge in [-0.05, 0) is 183 Å². The van der Waals surface area contributed by atoms with Gasteiger partial charge in [-0.1, -0.05) is 156 Å². The van der Waals surface area contributed by atoms with Crippen LogP contribution in [-0.4, -0.2) is 7.85 Å². The summed E-state index contributed by atoms with van der Waals surface area (Å²) in [4.78, 5) is 2.72. The lowest BCUT2D eigenvalue weighted by atomic mass is 9.62. The van der Waals surface area contributed by atoms with Gasteiger partial charge in [-0.15, -0.1) is 0 Å². The third-order valence-electron chi connectivity index (χ3n) is 15.9. The van der Waals surface area contributed by atoms with Gasteiger partial charge in [0.25, 0.3) is 0 Å². The summed E-state index contributed by atoms with van der Waals surface area (Å²) in [5, 5.41) is 0. The minimum absolute atomic E-state index is 0.0484. The molecule has 0 saturated carbocycles. The van der Waals surface area contributed by atoms with Crippen molar-refractivity contribution in [2.45, 2.75) is 112 Å². The highest BCUT2D eigenvalue weighted by Crippen LogP contribution is 2.59. The molecule has 314 valence electrons. The molecule has 63 heavy (non-hydrogen) atoms. The van der Waals surface area contributed by atoms with Crippen LogP contribution in [0.25, 0.3) is 55.7 Å². The van der Waals surface area contributed by atoms with E-state index in [1.807, 2.05) is 0 Å². The van der Waals surface area contributed by atoms with E-state index in [1.54, 1.807) is 0 Å². The quantitative estimate of drug-likeness (QED) is 0.126. The molecule has 2 aliphatic carbocycles. The van der Waals surface area contributed by atoms with Crippen molar-refractivity contribution in [3.63, 3.8) is 0 Å². The Morgan fingerprint density at radius 1 is 0.476 bits per heavy atom. The van der Waals surface area contributed by atoms with Crippen LogP contribution in [0.15, 0.2) is 121 Å². The van der Waals surface area contributed by atoms with Crippen LogP contribution in [0.4, 0.5) is 17.1 Å². The first kappa shape index (κ1) is 41.2. The van der Waals surface area contributed by atoms with Crippen molar-refractivity contribution >= 4 is 41.5 Å². The average molecular weight is 820 g/mol. The molecular formula is C61H62BN. The molecule has 7 aromatic rings. The lowest BCUT2D eigenvalue weighted by Crippen LogP contribution is -2.34. The first-order chi connectivity index (χ1) is 29.9. The zero-order valence-corrected chi connectivity index (χ0v) is 39.9. The van der Waals surface area contributed by atoms with Gasteiger partial charge >= 0.3 is 0 Å². The molecule has 1 nitrogen and oxygen atoms in total. The van der Waals surface area contributed by atoms with Crippen LogP contribution in [-0.2, 0) is 16.2 Å². The second-order valence-corrected chi connectivity index (χ2v) is 21.0. The van der Waals surface area contributed by atoms with Gasteiger partial charge in [0.2, 0.25) is 0 Å². The largest absolute Gasteiger partial charge is 0.310 e. The Balaban J connectivity index is 1.42. The Kier molecular flexibility index (Phi) is 9.37. The number of nitrogens with zero attached hydrogens (tertiary/aromatic N) is 1. The number of fused-ring (bicyclic) bond motifs is 11. The Labute approximate surface area is 378 Å². The number of allylic oxidation sites excluding steroid dienone is 2. The van der Waals surface area contributed by atoms with Crippen LogP contribution in [0.2, 0.25) is 0 Å². The van der Waals surface area contributed by atoms with Crippen LogP contribution >= 0.6 is 0 Å². The molecule has 0 spiro atoms. The van der Waals surface area contributed by atoms with Crippen LogP contribution in [0, 0.1) is 27.7 Å². The summed E-state index contributed by atoms with van der Waals surface area (Å²) < 4.78 is 0. The van der Waals surface area contributed by atoms with Gasteiger partial charge < -0.3 is 4.90 Å². The SMILES string of the molecule is Bc1c2cc3c(c1-c1cccc(/C(C)=C(\C)c4ccccc4C)c1-c1ccc(-c4ccccc4C)c(C)c1N2c1cc2c(cc1C)C(C)(C)CCC2(C)C)C(C)(C)c1ccccc1-3. The molecule has 1 aliphatic heterocycles. The molecule has 0 saturated heterocycles. The minimum atomic E-state index is -0.200. The number of anilines is 3. The van der Waals surface area contributed by atoms with Crippen LogP contribution in [0.1, 0.15) is 124 Å². The summed E-state index contributed by atoms with van der Waals surface area (Å²) in [5.41, 5.74) is 31.8. The first-order valence-corrected chi connectivity index (χ1v) is 23.2. The van der Waals surface area contributed by atoms with Crippen LogP contribution in [0.3, 0.4) is 0 Å². The maximum atomic E-state index is 2.72. The van der Waals surface area contributed by atoms with E-state index < -0.39 is 0 Å². The van der Waals surface area contributed by atoms with Crippen LogP contribution < -0.4 is 10.4 Å². The molecule has 3 aliphatic rings. The normalized spacial score (nSPS) is 16.5. The minimum Gasteiger partial charge on any atom is -0.310 e. The number of rotatable bonds is 4. The Bertz CT molecular complexity index is 3110. The van der Waals surface area contributed by atoms with E-state index in [9.17, 15) is 0 Å². The van der Waals surface area contributed by atoms with Gasteiger partial charge in [-0.3, -0.25) is 0 Å². The number of hydrogen-bond donors (Lipinski definition) is 0. The van der Waals surface area contributed by atoms with Crippen molar-refractivity contribution in [2.75, 3.05) is 4.90 Å². The summed E-state index contributed by atoms with van der Waals surface area (Å²) in [6.07, 6.45) is 2.35. The molecule has 2 heteroatoms. The van der Waals surface area contributed by atoms with E-state index in [0.29, 0.717) is 0 Å². The maximum absolute atomic E-state index is 2.72. The predicted molar refractivity (Wildman–Crippen MR) is 276 cm³/mol. The average Bonchev–Trinajstić information content (AvgIpc) is 3.48. The maximum Gasteiger partial charge on any atom is 0.142 e. The van der Waals surface area contributed by atoms with Gasteiger partial charge in [0.05, 0.1) is 5.69 Å². The van der Waals surface area contributed by atoms with E-state index in [-0.39, 0.29) is 16.2 Å². The van der Waals surface area contributed by atoms with E-state index >= 15 is 0 Å².